The van der Waals surface area contributed by atoms with Crippen LogP contribution in [-0.2, 0) is 4.79 Å². The maximum absolute atomic E-state index is 13.4. The second-order valence-corrected chi connectivity index (χ2v) is 7.54. The number of fused-ring (bicyclic) bond motifs is 2. The molecule has 1 aromatic heterocycles. The smallest absolute Gasteiger partial charge is 0.322 e. The molecule has 0 unspecified atom stereocenters. The molecule has 5 rings (SSSR count). The number of rotatable bonds is 7. The van der Waals surface area contributed by atoms with Crippen LogP contribution in [0.4, 0.5) is 6.01 Å². The highest BCUT2D eigenvalue weighted by atomic mass is 16.5. The molecule has 0 saturated heterocycles. The van der Waals surface area contributed by atoms with Gasteiger partial charge < -0.3 is 18.6 Å². The molecule has 1 N–H and O–H groups in total. The molecule has 0 radical (unpaired) electrons. The Morgan fingerprint density at radius 3 is 2.21 bits per heavy atom. The number of benzene rings is 3. The highest BCUT2D eigenvalue weighted by Crippen LogP contribution is 2.44. The predicted molar refractivity (Wildman–Crippen MR) is 126 cm³/mol. The average Bonchev–Trinajstić information content (AvgIpc) is 3.32. The van der Waals surface area contributed by atoms with E-state index in [9.17, 15) is 4.79 Å². The molecule has 8 heteroatoms. The molecule has 1 aliphatic rings. The van der Waals surface area contributed by atoms with Gasteiger partial charge in [-0.25, -0.2) is 0 Å². The normalized spacial score (nSPS) is 12.3. The molecule has 34 heavy (non-hydrogen) atoms. The molecule has 3 aromatic carbocycles. The van der Waals surface area contributed by atoms with Crippen LogP contribution in [0, 0.1) is 0 Å². The second kappa shape index (κ2) is 9.27. The Morgan fingerprint density at radius 1 is 0.882 bits per heavy atom. The fraction of sp³-hybridized carbons (Fsp3) is 0.192. The van der Waals surface area contributed by atoms with Gasteiger partial charge in [0.25, 0.3) is 0 Å². The van der Waals surface area contributed by atoms with Gasteiger partial charge in [0, 0.05) is 16.7 Å². The molecular formula is C26H23N3O5. The topological polar surface area (TPSA) is 95.7 Å². The molecule has 0 atom stereocenters. The lowest BCUT2D eigenvalue weighted by Gasteiger charge is -2.26. The highest BCUT2D eigenvalue weighted by Gasteiger charge is 2.33. The third-order valence-electron chi connectivity index (χ3n) is 5.39. The summed E-state index contributed by atoms with van der Waals surface area (Å²) in [6, 6.07) is 20.3. The van der Waals surface area contributed by atoms with Crippen molar-refractivity contribution in [2.24, 2.45) is 0 Å². The second-order valence-electron chi connectivity index (χ2n) is 7.54. The molecule has 0 saturated carbocycles. The third-order valence-corrected chi connectivity index (χ3v) is 5.39. The summed E-state index contributed by atoms with van der Waals surface area (Å²) in [7, 11) is 0. The fourth-order valence-electron chi connectivity index (χ4n) is 3.94. The van der Waals surface area contributed by atoms with Crippen molar-refractivity contribution in [2.45, 2.75) is 19.8 Å². The summed E-state index contributed by atoms with van der Waals surface area (Å²) < 4.78 is 23.0. The van der Waals surface area contributed by atoms with Crippen LogP contribution in [0.3, 0.4) is 0 Å². The molecule has 172 valence electrons. The molecular weight excluding hydrogens is 434 g/mol. The molecule has 0 fully saturated rings. The van der Waals surface area contributed by atoms with Crippen LogP contribution in [0.15, 0.2) is 71.1 Å². The van der Waals surface area contributed by atoms with Crippen LogP contribution in [0.5, 0.6) is 23.0 Å². The first-order valence-corrected chi connectivity index (χ1v) is 11.1. The summed E-state index contributed by atoms with van der Waals surface area (Å²) in [4.78, 5) is 13.4. The van der Waals surface area contributed by atoms with E-state index in [1.165, 1.54) is 0 Å². The van der Waals surface area contributed by atoms with Crippen LogP contribution >= 0.6 is 0 Å². The third kappa shape index (κ3) is 4.05. The summed E-state index contributed by atoms with van der Waals surface area (Å²) >= 11 is 0. The zero-order chi connectivity index (χ0) is 23.5. The van der Waals surface area contributed by atoms with E-state index >= 15 is 0 Å². The average molecular weight is 457 g/mol. The lowest BCUT2D eigenvalue weighted by Crippen LogP contribution is -2.25. The van der Waals surface area contributed by atoms with E-state index < -0.39 is 5.92 Å². The number of carbonyl (C=O) groups excluding carboxylic acids is 1. The van der Waals surface area contributed by atoms with Crippen molar-refractivity contribution in [1.29, 1.82) is 0 Å². The Balaban J connectivity index is 1.41. The zero-order valence-corrected chi connectivity index (χ0v) is 18.8. The van der Waals surface area contributed by atoms with Gasteiger partial charge in [0.2, 0.25) is 11.8 Å². The zero-order valence-electron chi connectivity index (χ0n) is 18.8. The van der Waals surface area contributed by atoms with Crippen molar-refractivity contribution in [2.75, 3.05) is 18.5 Å². The van der Waals surface area contributed by atoms with E-state index in [1.54, 1.807) is 18.2 Å². The SMILES string of the molecule is CCOc1ccc(-c2nnc(NC(=O)C3c4ccccc4Oc4ccccc43)o2)cc1OCC. The van der Waals surface area contributed by atoms with E-state index in [2.05, 4.69) is 15.5 Å². The van der Waals surface area contributed by atoms with Crippen molar-refractivity contribution in [3.63, 3.8) is 0 Å². The van der Waals surface area contributed by atoms with E-state index in [0.717, 1.165) is 11.1 Å². The van der Waals surface area contributed by atoms with Gasteiger partial charge in [-0.2, -0.15) is 0 Å². The lowest BCUT2D eigenvalue weighted by atomic mass is 9.87. The predicted octanol–water partition coefficient (Wildman–Crippen LogP) is 5.41. The maximum atomic E-state index is 13.4. The lowest BCUT2D eigenvalue weighted by molar-refractivity contribution is -0.117. The largest absolute Gasteiger partial charge is 0.490 e. The quantitative estimate of drug-likeness (QED) is 0.396. The maximum Gasteiger partial charge on any atom is 0.322 e. The standard InChI is InChI=1S/C26H23N3O5/c1-3-31-21-14-13-16(15-22(21)32-4-2)25-28-29-26(34-25)27-24(30)23-17-9-5-7-11-19(17)33-20-12-8-6-10-18(20)23/h5-15,23H,3-4H2,1-2H3,(H,27,29,30). The molecule has 1 amide bonds. The van der Waals surface area contributed by atoms with Gasteiger partial charge in [-0.15, -0.1) is 5.10 Å². The van der Waals surface area contributed by atoms with Gasteiger partial charge in [-0.05, 0) is 44.2 Å². The molecule has 1 aliphatic heterocycles. The number of hydrogen-bond acceptors (Lipinski definition) is 7. The molecule has 0 aliphatic carbocycles. The molecule has 2 heterocycles. The Bertz CT molecular complexity index is 1290. The Morgan fingerprint density at radius 2 is 1.53 bits per heavy atom. The number of amides is 1. The minimum absolute atomic E-state index is 0.00768. The molecule has 0 bridgehead atoms. The van der Waals surface area contributed by atoms with E-state index in [1.807, 2.05) is 62.4 Å². The number of nitrogens with zero attached hydrogens (tertiary/aromatic N) is 2. The minimum atomic E-state index is -0.577. The van der Waals surface area contributed by atoms with Gasteiger partial charge in [0.05, 0.1) is 19.1 Å². The number of nitrogens with one attached hydrogen (secondary N) is 1. The number of para-hydroxylation sites is 2. The van der Waals surface area contributed by atoms with Crippen LogP contribution in [0.25, 0.3) is 11.5 Å². The van der Waals surface area contributed by atoms with Gasteiger partial charge >= 0.3 is 6.01 Å². The molecule has 0 spiro atoms. The van der Waals surface area contributed by atoms with E-state index in [0.29, 0.717) is 41.8 Å². The van der Waals surface area contributed by atoms with E-state index in [-0.39, 0.29) is 17.8 Å². The summed E-state index contributed by atoms with van der Waals surface area (Å²) in [5, 5.41) is 10.9. The summed E-state index contributed by atoms with van der Waals surface area (Å²) in [5.41, 5.74) is 2.19. The number of aromatic nitrogens is 2. The van der Waals surface area contributed by atoms with Gasteiger partial charge in [-0.1, -0.05) is 41.5 Å². The monoisotopic (exact) mass is 457 g/mol. The van der Waals surface area contributed by atoms with Crippen molar-refractivity contribution < 1.29 is 23.4 Å². The Kier molecular flexibility index (Phi) is 5.86. The number of hydrogen-bond donors (Lipinski definition) is 1. The molecule has 4 aromatic rings. The van der Waals surface area contributed by atoms with Crippen LogP contribution < -0.4 is 19.5 Å². The van der Waals surface area contributed by atoms with Gasteiger partial charge in [0.15, 0.2) is 11.5 Å². The number of anilines is 1. The van der Waals surface area contributed by atoms with Crippen LogP contribution in [-0.4, -0.2) is 29.3 Å². The summed E-state index contributed by atoms with van der Waals surface area (Å²) in [6.07, 6.45) is 0. The first-order valence-electron chi connectivity index (χ1n) is 11.1. The van der Waals surface area contributed by atoms with Crippen molar-refractivity contribution in [3.8, 4) is 34.5 Å². The highest BCUT2D eigenvalue weighted by molar-refractivity contribution is 5.98. The Labute approximate surface area is 196 Å². The number of carbonyl (C=O) groups is 1. The van der Waals surface area contributed by atoms with E-state index in [4.69, 9.17) is 18.6 Å². The van der Waals surface area contributed by atoms with Crippen molar-refractivity contribution >= 4 is 11.9 Å². The van der Waals surface area contributed by atoms with Crippen LogP contribution in [0.2, 0.25) is 0 Å². The molecule has 8 nitrogen and oxygen atoms in total. The van der Waals surface area contributed by atoms with Crippen LogP contribution in [0.1, 0.15) is 30.9 Å². The van der Waals surface area contributed by atoms with Crippen molar-refractivity contribution in [3.05, 3.63) is 77.9 Å². The van der Waals surface area contributed by atoms with Gasteiger partial charge in [0.1, 0.15) is 11.5 Å². The summed E-state index contributed by atoms with van der Waals surface area (Å²) in [6.45, 7) is 4.82. The first-order chi connectivity index (χ1) is 16.7. The minimum Gasteiger partial charge on any atom is -0.490 e. The fourth-order valence-corrected chi connectivity index (χ4v) is 3.94. The Hall–Kier alpha value is -4.33. The van der Waals surface area contributed by atoms with Crippen molar-refractivity contribution in [1.82, 2.24) is 10.2 Å². The van der Waals surface area contributed by atoms with Gasteiger partial charge in [-0.3, -0.25) is 10.1 Å². The summed E-state index contributed by atoms with van der Waals surface area (Å²) in [5.74, 6) is 1.90. The number of ether oxygens (including phenoxy) is 3. The first kappa shape index (κ1) is 21.5.